The summed E-state index contributed by atoms with van der Waals surface area (Å²) in [6.07, 6.45) is 0.845. The Balaban J connectivity index is 2.78. The highest BCUT2D eigenvalue weighted by Crippen LogP contribution is 2.17. The van der Waals surface area contributed by atoms with Crippen molar-refractivity contribution in [1.29, 1.82) is 0 Å². The van der Waals surface area contributed by atoms with Crippen molar-refractivity contribution in [2.75, 3.05) is 7.11 Å². The van der Waals surface area contributed by atoms with E-state index in [0.29, 0.717) is 0 Å². The lowest BCUT2D eigenvalue weighted by molar-refractivity contribution is -0.136. The molecule has 0 amide bonds. The van der Waals surface area contributed by atoms with E-state index in [2.05, 4.69) is 0 Å². The predicted octanol–water partition coefficient (Wildman–Crippen LogP) is 2.28. The number of benzene rings is 1. The molecular formula is C13H18O3. The van der Waals surface area contributed by atoms with E-state index in [1.54, 1.807) is 7.11 Å². The van der Waals surface area contributed by atoms with Crippen molar-refractivity contribution in [2.45, 2.75) is 32.3 Å². The van der Waals surface area contributed by atoms with Gasteiger partial charge in [0.05, 0.1) is 12.0 Å². The molecule has 0 fully saturated rings. The van der Waals surface area contributed by atoms with Crippen molar-refractivity contribution in [3.8, 4) is 0 Å². The number of ether oxygens (including phenoxy) is 1. The molecule has 3 nitrogen and oxygen atoms in total. The molecule has 0 aliphatic heterocycles. The minimum atomic E-state index is -0.803. The zero-order chi connectivity index (χ0) is 12.2. The van der Waals surface area contributed by atoms with Crippen LogP contribution in [0.25, 0.3) is 0 Å². The fraction of sp³-hybridized carbons (Fsp3) is 0.462. The molecule has 1 rings (SSSR count). The van der Waals surface area contributed by atoms with Crippen LogP contribution < -0.4 is 0 Å². The minimum Gasteiger partial charge on any atom is -0.481 e. The van der Waals surface area contributed by atoms with E-state index in [0.717, 1.165) is 17.5 Å². The van der Waals surface area contributed by atoms with Crippen LogP contribution >= 0.6 is 0 Å². The van der Waals surface area contributed by atoms with Gasteiger partial charge in [-0.25, -0.2) is 0 Å². The molecule has 0 atom stereocenters. The third-order valence-corrected chi connectivity index (χ3v) is 2.53. The summed E-state index contributed by atoms with van der Waals surface area (Å²) in [5.41, 5.74) is 1.71. The van der Waals surface area contributed by atoms with Crippen LogP contribution in [0.5, 0.6) is 0 Å². The standard InChI is InChI=1S/C13H18O3/c1-13(2,16-3)9-11-6-4-5-10(7-11)8-12(14)15/h4-7H,8-9H2,1-3H3,(H,14,15). The molecule has 0 bridgehead atoms. The smallest absolute Gasteiger partial charge is 0.307 e. The molecule has 0 heterocycles. The van der Waals surface area contributed by atoms with E-state index in [4.69, 9.17) is 9.84 Å². The second kappa shape index (κ2) is 5.12. The summed E-state index contributed by atoms with van der Waals surface area (Å²) in [4.78, 5) is 10.6. The average molecular weight is 222 g/mol. The summed E-state index contributed by atoms with van der Waals surface area (Å²) < 4.78 is 5.35. The maximum absolute atomic E-state index is 10.6. The third kappa shape index (κ3) is 4.03. The molecule has 1 N–H and O–H groups in total. The number of aliphatic carboxylic acids is 1. The second-order valence-corrected chi connectivity index (χ2v) is 4.53. The summed E-state index contributed by atoms with van der Waals surface area (Å²) >= 11 is 0. The molecule has 1 aromatic rings. The van der Waals surface area contributed by atoms with Crippen LogP contribution in [-0.4, -0.2) is 23.8 Å². The molecule has 16 heavy (non-hydrogen) atoms. The molecule has 0 saturated heterocycles. The summed E-state index contributed by atoms with van der Waals surface area (Å²) in [7, 11) is 1.68. The van der Waals surface area contributed by atoms with Crippen molar-refractivity contribution < 1.29 is 14.6 Å². The lowest BCUT2D eigenvalue weighted by atomic mass is 9.96. The maximum atomic E-state index is 10.6. The largest absolute Gasteiger partial charge is 0.481 e. The zero-order valence-electron chi connectivity index (χ0n) is 9.99. The summed E-state index contributed by atoms with van der Waals surface area (Å²) in [5.74, 6) is -0.803. The number of rotatable bonds is 5. The number of carboxylic acids is 1. The van der Waals surface area contributed by atoms with Gasteiger partial charge in [0, 0.05) is 13.5 Å². The number of hydrogen-bond acceptors (Lipinski definition) is 2. The average Bonchev–Trinajstić information content (AvgIpc) is 2.16. The first-order valence-corrected chi connectivity index (χ1v) is 5.28. The predicted molar refractivity (Wildman–Crippen MR) is 62.6 cm³/mol. The van der Waals surface area contributed by atoms with E-state index in [1.165, 1.54) is 0 Å². The normalized spacial score (nSPS) is 11.4. The molecule has 0 unspecified atom stereocenters. The SMILES string of the molecule is COC(C)(C)Cc1cccc(CC(=O)O)c1. The number of carboxylic acid groups (broad SMARTS) is 1. The van der Waals surface area contributed by atoms with E-state index in [1.807, 2.05) is 38.1 Å². The van der Waals surface area contributed by atoms with Crippen molar-refractivity contribution in [1.82, 2.24) is 0 Å². The first kappa shape index (κ1) is 12.7. The highest BCUT2D eigenvalue weighted by Gasteiger charge is 2.17. The molecule has 3 heteroatoms. The highest BCUT2D eigenvalue weighted by atomic mass is 16.5. The van der Waals surface area contributed by atoms with Crippen LogP contribution in [0.3, 0.4) is 0 Å². The topological polar surface area (TPSA) is 46.5 Å². The van der Waals surface area contributed by atoms with E-state index in [-0.39, 0.29) is 12.0 Å². The Kier molecular flexibility index (Phi) is 4.07. The molecule has 0 radical (unpaired) electrons. The van der Waals surface area contributed by atoms with Crippen LogP contribution in [0.2, 0.25) is 0 Å². The Morgan fingerprint density at radius 2 is 2.00 bits per heavy atom. The number of methoxy groups -OCH3 is 1. The van der Waals surface area contributed by atoms with Crippen molar-refractivity contribution >= 4 is 5.97 Å². The minimum absolute atomic E-state index is 0.0707. The van der Waals surface area contributed by atoms with E-state index < -0.39 is 5.97 Å². The molecular weight excluding hydrogens is 204 g/mol. The molecule has 0 aliphatic rings. The van der Waals surface area contributed by atoms with Gasteiger partial charge in [0.25, 0.3) is 0 Å². The number of carbonyl (C=O) groups is 1. The van der Waals surface area contributed by atoms with Crippen LogP contribution in [-0.2, 0) is 22.4 Å². The fourth-order valence-corrected chi connectivity index (χ4v) is 1.59. The first-order valence-electron chi connectivity index (χ1n) is 5.28. The van der Waals surface area contributed by atoms with Gasteiger partial charge in [-0.3, -0.25) is 4.79 Å². The number of hydrogen-bond donors (Lipinski definition) is 1. The van der Waals surface area contributed by atoms with Crippen molar-refractivity contribution in [3.63, 3.8) is 0 Å². The van der Waals surface area contributed by atoms with Crippen molar-refractivity contribution in [3.05, 3.63) is 35.4 Å². The Morgan fingerprint density at radius 1 is 1.38 bits per heavy atom. The van der Waals surface area contributed by atoms with Crippen LogP contribution in [0.1, 0.15) is 25.0 Å². The monoisotopic (exact) mass is 222 g/mol. The quantitative estimate of drug-likeness (QED) is 0.831. The van der Waals surface area contributed by atoms with Gasteiger partial charge in [-0.1, -0.05) is 24.3 Å². The van der Waals surface area contributed by atoms with Gasteiger partial charge in [0.1, 0.15) is 0 Å². The van der Waals surface area contributed by atoms with Crippen LogP contribution in [0, 0.1) is 0 Å². The molecule has 0 aliphatic carbocycles. The Labute approximate surface area is 96.1 Å². The Bertz CT molecular complexity index is 369. The molecule has 1 aromatic carbocycles. The Hall–Kier alpha value is -1.35. The maximum Gasteiger partial charge on any atom is 0.307 e. The van der Waals surface area contributed by atoms with Crippen LogP contribution in [0.15, 0.2) is 24.3 Å². The molecule has 0 saturated carbocycles. The van der Waals surface area contributed by atoms with E-state index in [9.17, 15) is 4.79 Å². The summed E-state index contributed by atoms with van der Waals surface area (Å²) in [6.45, 7) is 4.02. The fourth-order valence-electron chi connectivity index (χ4n) is 1.59. The van der Waals surface area contributed by atoms with Gasteiger partial charge < -0.3 is 9.84 Å². The lowest BCUT2D eigenvalue weighted by Gasteiger charge is -2.23. The third-order valence-electron chi connectivity index (χ3n) is 2.53. The molecule has 88 valence electrons. The van der Waals surface area contributed by atoms with E-state index >= 15 is 0 Å². The molecule has 0 spiro atoms. The van der Waals surface area contributed by atoms with Gasteiger partial charge >= 0.3 is 5.97 Å². The first-order chi connectivity index (χ1) is 7.43. The van der Waals surface area contributed by atoms with Crippen LogP contribution in [0.4, 0.5) is 0 Å². The molecule has 0 aromatic heterocycles. The van der Waals surface area contributed by atoms with Crippen molar-refractivity contribution in [2.24, 2.45) is 0 Å². The van der Waals surface area contributed by atoms with Gasteiger partial charge in [-0.05, 0) is 25.0 Å². The second-order valence-electron chi connectivity index (χ2n) is 4.53. The zero-order valence-corrected chi connectivity index (χ0v) is 9.99. The summed E-state index contributed by atoms with van der Waals surface area (Å²) in [5, 5.41) is 8.71. The van der Waals surface area contributed by atoms with Gasteiger partial charge in [-0.2, -0.15) is 0 Å². The summed E-state index contributed by atoms with van der Waals surface area (Å²) in [6, 6.07) is 7.64. The van der Waals surface area contributed by atoms with Gasteiger partial charge in [0.2, 0.25) is 0 Å². The highest BCUT2D eigenvalue weighted by molar-refractivity contribution is 5.70. The lowest BCUT2D eigenvalue weighted by Crippen LogP contribution is -2.25. The van der Waals surface area contributed by atoms with Gasteiger partial charge in [0.15, 0.2) is 0 Å². The Morgan fingerprint density at radius 3 is 2.56 bits per heavy atom. The van der Waals surface area contributed by atoms with Gasteiger partial charge in [-0.15, -0.1) is 0 Å².